The summed E-state index contributed by atoms with van der Waals surface area (Å²) < 4.78 is 1.25. The highest BCUT2D eigenvalue weighted by Gasteiger charge is 2.35. The van der Waals surface area contributed by atoms with Crippen LogP contribution in [0.25, 0.3) is 0 Å². The summed E-state index contributed by atoms with van der Waals surface area (Å²) in [5.41, 5.74) is 1.24. The first kappa shape index (κ1) is 12.8. The van der Waals surface area contributed by atoms with Crippen LogP contribution in [0.1, 0.15) is 5.56 Å². The van der Waals surface area contributed by atoms with Gasteiger partial charge in [-0.25, -0.2) is 0 Å². The van der Waals surface area contributed by atoms with E-state index in [9.17, 15) is 5.11 Å². The highest BCUT2D eigenvalue weighted by Crippen LogP contribution is 2.20. The van der Waals surface area contributed by atoms with Crippen molar-refractivity contribution in [3.05, 3.63) is 33.4 Å². The third-order valence-corrected chi connectivity index (χ3v) is 4.84. The molecule has 2 bridgehead atoms. The Balaban J connectivity index is 1.64. The predicted molar refractivity (Wildman–Crippen MR) is 80.7 cm³/mol. The number of hydrogen-bond donors (Lipinski definition) is 1. The van der Waals surface area contributed by atoms with Gasteiger partial charge in [-0.2, -0.15) is 0 Å². The molecule has 0 amide bonds. The highest BCUT2D eigenvalue weighted by atomic mass is 127. The standard InChI is InChI=1S/C14H19IN2O/c15-12-3-1-11(2-4-12)9-14(18)13-10-16-5-7-17(13)8-6-16/h1-4,13-14,18H,5-10H2. The number of fused-ring (bicyclic) bond motifs is 3. The van der Waals surface area contributed by atoms with Crippen LogP contribution in [-0.2, 0) is 6.42 Å². The molecule has 1 aromatic carbocycles. The molecular weight excluding hydrogens is 339 g/mol. The zero-order valence-corrected chi connectivity index (χ0v) is 12.6. The van der Waals surface area contributed by atoms with E-state index in [1.54, 1.807) is 0 Å². The molecular formula is C14H19IN2O. The van der Waals surface area contributed by atoms with E-state index in [1.807, 2.05) is 0 Å². The molecule has 3 aliphatic heterocycles. The van der Waals surface area contributed by atoms with Crippen LogP contribution >= 0.6 is 22.6 Å². The van der Waals surface area contributed by atoms with Gasteiger partial charge >= 0.3 is 0 Å². The van der Waals surface area contributed by atoms with Gasteiger partial charge in [-0.3, -0.25) is 9.80 Å². The maximum atomic E-state index is 10.4. The summed E-state index contributed by atoms with van der Waals surface area (Å²) in [6.45, 7) is 5.62. The first-order chi connectivity index (χ1) is 8.72. The number of aliphatic hydroxyl groups excluding tert-OH is 1. The lowest BCUT2D eigenvalue weighted by Gasteiger charge is -2.49. The molecule has 18 heavy (non-hydrogen) atoms. The number of hydrogen-bond acceptors (Lipinski definition) is 3. The summed E-state index contributed by atoms with van der Waals surface area (Å²) in [5, 5.41) is 10.4. The summed E-state index contributed by atoms with van der Waals surface area (Å²) in [6, 6.07) is 8.80. The fraction of sp³-hybridized carbons (Fsp3) is 0.571. The molecule has 0 aliphatic carbocycles. The zero-order valence-electron chi connectivity index (χ0n) is 10.4. The first-order valence-electron chi connectivity index (χ1n) is 6.61. The van der Waals surface area contributed by atoms with Crippen molar-refractivity contribution in [1.82, 2.24) is 9.80 Å². The van der Waals surface area contributed by atoms with Gasteiger partial charge in [-0.05, 0) is 46.7 Å². The van der Waals surface area contributed by atoms with Gasteiger partial charge in [0.1, 0.15) is 0 Å². The predicted octanol–water partition coefficient (Wildman–Crippen LogP) is 1.19. The van der Waals surface area contributed by atoms with Crippen molar-refractivity contribution in [2.24, 2.45) is 0 Å². The molecule has 3 fully saturated rings. The second kappa shape index (κ2) is 5.45. The van der Waals surface area contributed by atoms with Gasteiger partial charge in [0.15, 0.2) is 0 Å². The van der Waals surface area contributed by atoms with Crippen molar-refractivity contribution in [3.8, 4) is 0 Å². The minimum atomic E-state index is -0.242. The Bertz CT molecular complexity index is 401. The van der Waals surface area contributed by atoms with Crippen LogP contribution in [0.5, 0.6) is 0 Å². The van der Waals surface area contributed by atoms with Crippen molar-refractivity contribution in [2.75, 3.05) is 32.7 Å². The van der Waals surface area contributed by atoms with E-state index in [0.717, 1.165) is 26.1 Å². The third kappa shape index (κ3) is 2.71. The largest absolute Gasteiger partial charge is 0.391 e. The van der Waals surface area contributed by atoms with Gasteiger partial charge in [-0.1, -0.05) is 12.1 Å². The van der Waals surface area contributed by atoms with E-state index in [0.29, 0.717) is 6.04 Å². The van der Waals surface area contributed by atoms with Gasteiger partial charge in [0, 0.05) is 42.3 Å². The lowest BCUT2D eigenvalue weighted by atomic mass is 9.97. The van der Waals surface area contributed by atoms with Crippen molar-refractivity contribution >= 4 is 22.6 Å². The van der Waals surface area contributed by atoms with Crippen LogP contribution in [-0.4, -0.2) is 59.8 Å². The summed E-state index contributed by atoms with van der Waals surface area (Å²) in [5.74, 6) is 0. The van der Waals surface area contributed by atoms with Crippen molar-refractivity contribution in [3.63, 3.8) is 0 Å². The summed E-state index contributed by atoms with van der Waals surface area (Å²) >= 11 is 2.31. The Labute approximate surface area is 122 Å². The fourth-order valence-corrected chi connectivity index (χ4v) is 3.38. The molecule has 4 heteroatoms. The molecule has 3 aliphatic rings. The molecule has 0 spiro atoms. The lowest BCUT2D eigenvalue weighted by Crippen LogP contribution is -2.64. The Morgan fingerprint density at radius 2 is 1.83 bits per heavy atom. The van der Waals surface area contributed by atoms with Crippen LogP contribution in [0.2, 0.25) is 0 Å². The average Bonchev–Trinajstić information content (AvgIpc) is 2.42. The Morgan fingerprint density at radius 1 is 1.17 bits per heavy atom. The van der Waals surface area contributed by atoms with Crippen LogP contribution in [0, 0.1) is 3.57 Å². The quantitative estimate of drug-likeness (QED) is 0.823. The molecule has 2 unspecified atom stereocenters. The van der Waals surface area contributed by atoms with E-state index in [-0.39, 0.29) is 6.10 Å². The molecule has 2 atom stereocenters. The van der Waals surface area contributed by atoms with E-state index in [4.69, 9.17) is 0 Å². The van der Waals surface area contributed by atoms with E-state index >= 15 is 0 Å². The zero-order chi connectivity index (χ0) is 12.5. The molecule has 98 valence electrons. The molecule has 3 saturated heterocycles. The maximum absolute atomic E-state index is 10.4. The number of piperazine rings is 3. The van der Waals surface area contributed by atoms with Gasteiger partial charge in [0.2, 0.25) is 0 Å². The molecule has 3 heterocycles. The molecule has 3 nitrogen and oxygen atoms in total. The summed E-state index contributed by atoms with van der Waals surface area (Å²) in [7, 11) is 0. The summed E-state index contributed by atoms with van der Waals surface area (Å²) in [6.07, 6.45) is 0.527. The van der Waals surface area contributed by atoms with Crippen molar-refractivity contribution in [2.45, 2.75) is 18.6 Å². The Hall–Kier alpha value is -0.170. The SMILES string of the molecule is OC(Cc1ccc(I)cc1)C1CN2CCN1CC2. The number of rotatable bonds is 3. The smallest absolute Gasteiger partial charge is 0.0748 e. The van der Waals surface area contributed by atoms with E-state index < -0.39 is 0 Å². The molecule has 0 aromatic heterocycles. The number of halogens is 1. The van der Waals surface area contributed by atoms with Gasteiger partial charge in [0.25, 0.3) is 0 Å². The summed E-state index contributed by atoms with van der Waals surface area (Å²) in [4.78, 5) is 4.93. The van der Waals surface area contributed by atoms with Crippen molar-refractivity contribution in [1.29, 1.82) is 0 Å². The monoisotopic (exact) mass is 358 g/mol. The third-order valence-electron chi connectivity index (χ3n) is 4.12. The Kier molecular flexibility index (Phi) is 3.89. The molecule has 0 saturated carbocycles. The molecule has 0 radical (unpaired) electrons. The number of benzene rings is 1. The van der Waals surface area contributed by atoms with Gasteiger partial charge in [0.05, 0.1) is 6.10 Å². The van der Waals surface area contributed by atoms with Crippen molar-refractivity contribution < 1.29 is 5.11 Å². The maximum Gasteiger partial charge on any atom is 0.0748 e. The topological polar surface area (TPSA) is 26.7 Å². The highest BCUT2D eigenvalue weighted by molar-refractivity contribution is 14.1. The lowest BCUT2D eigenvalue weighted by molar-refractivity contribution is -0.0453. The first-order valence-corrected chi connectivity index (χ1v) is 7.69. The van der Waals surface area contributed by atoms with Crippen LogP contribution < -0.4 is 0 Å². The average molecular weight is 358 g/mol. The molecule has 1 aromatic rings. The fourth-order valence-electron chi connectivity index (χ4n) is 3.02. The van der Waals surface area contributed by atoms with Gasteiger partial charge in [-0.15, -0.1) is 0 Å². The Morgan fingerprint density at radius 3 is 2.39 bits per heavy atom. The van der Waals surface area contributed by atoms with E-state index in [2.05, 4.69) is 56.7 Å². The second-order valence-corrected chi connectivity index (χ2v) is 6.55. The van der Waals surface area contributed by atoms with Crippen LogP contribution in [0.4, 0.5) is 0 Å². The normalized spacial score (nSPS) is 32.4. The van der Waals surface area contributed by atoms with Crippen LogP contribution in [0.3, 0.4) is 0 Å². The van der Waals surface area contributed by atoms with Crippen LogP contribution in [0.15, 0.2) is 24.3 Å². The molecule has 1 N–H and O–H groups in total. The minimum Gasteiger partial charge on any atom is -0.391 e. The second-order valence-electron chi connectivity index (χ2n) is 5.30. The minimum absolute atomic E-state index is 0.242. The van der Waals surface area contributed by atoms with E-state index in [1.165, 1.54) is 22.2 Å². The van der Waals surface area contributed by atoms with Gasteiger partial charge < -0.3 is 5.11 Å². The number of aliphatic hydroxyl groups is 1. The molecule has 4 rings (SSSR count). The number of nitrogens with zero attached hydrogens (tertiary/aromatic N) is 2.